The van der Waals surface area contributed by atoms with Gasteiger partial charge in [-0.3, -0.25) is 4.79 Å². The van der Waals surface area contributed by atoms with Crippen LogP contribution in [0.4, 0.5) is 0 Å². The molecular weight excluding hydrogens is 226 g/mol. The van der Waals surface area contributed by atoms with Gasteiger partial charge in [0, 0.05) is 19.8 Å². The van der Waals surface area contributed by atoms with Crippen LogP contribution < -0.4 is 0 Å². The minimum Gasteiger partial charge on any atom is -0.344 e. The van der Waals surface area contributed by atoms with E-state index < -0.39 is 15.1 Å². The molecule has 0 heterocycles. The van der Waals surface area contributed by atoms with Crippen molar-refractivity contribution >= 4 is 15.7 Å². The van der Waals surface area contributed by atoms with Gasteiger partial charge >= 0.3 is 0 Å². The van der Waals surface area contributed by atoms with Crippen molar-refractivity contribution in [2.45, 2.75) is 37.9 Å². The summed E-state index contributed by atoms with van der Waals surface area (Å²) in [5, 5.41) is -0.918. The second-order valence-corrected chi connectivity index (χ2v) is 7.21. The second-order valence-electron chi connectivity index (χ2n) is 4.84. The van der Waals surface area contributed by atoms with Gasteiger partial charge in [0.2, 0.25) is 5.91 Å². The molecule has 94 valence electrons. The zero-order valence-corrected chi connectivity index (χ0v) is 11.1. The Kier molecular flexibility index (Phi) is 4.35. The molecule has 0 aliphatic heterocycles. The summed E-state index contributed by atoms with van der Waals surface area (Å²) in [6, 6.07) is 0. The van der Waals surface area contributed by atoms with Crippen LogP contribution >= 0.6 is 0 Å². The van der Waals surface area contributed by atoms with Gasteiger partial charge in [0.15, 0.2) is 9.84 Å². The van der Waals surface area contributed by atoms with Gasteiger partial charge in [-0.05, 0) is 25.7 Å². The van der Waals surface area contributed by atoms with E-state index in [-0.39, 0.29) is 5.91 Å². The number of carbonyl (C=O) groups is 1. The van der Waals surface area contributed by atoms with E-state index in [1.165, 1.54) is 19.8 Å². The normalized spacial score (nSPS) is 19.7. The summed E-state index contributed by atoms with van der Waals surface area (Å²) in [4.78, 5) is 13.4. The van der Waals surface area contributed by atoms with Gasteiger partial charge < -0.3 is 4.90 Å². The quantitative estimate of drug-likeness (QED) is 0.746. The first-order chi connectivity index (χ1) is 7.32. The number of hydrogen-bond acceptors (Lipinski definition) is 3. The van der Waals surface area contributed by atoms with E-state index in [4.69, 9.17) is 0 Å². The molecule has 0 saturated heterocycles. The molecule has 0 spiro atoms. The van der Waals surface area contributed by atoms with E-state index in [0.29, 0.717) is 12.5 Å². The lowest BCUT2D eigenvalue weighted by atomic mass is 10.1. The maximum atomic E-state index is 11.8. The molecule has 1 aliphatic carbocycles. The standard InChI is InChI=1S/C11H21NO3S/c1-9(16(3,14)15)11(13)12(2)8-10-6-4-5-7-10/h9-10H,4-8H2,1-3H3. The van der Waals surface area contributed by atoms with E-state index in [2.05, 4.69) is 0 Å². The Morgan fingerprint density at radius 3 is 2.31 bits per heavy atom. The number of rotatable bonds is 4. The number of carbonyl (C=O) groups excluding carboxylic acids is 1. The van der Waals surface area contributed by atoms with Gasteiger partial charge in [0.25, 0.3) is 0 Å². The highest BCUT2D eigenvalue weighted by Gasteiger charge is 2.28. The first-order valence-corrected chi connectivity index (χ1v) is 7.71. The van der Waals surface area contributed by atoms with Crippen LogP contribution in [0.2, 0.25) is 0 Å². The van der Waals surface area contributed by atoms with Crippen LogP contribution in [0.25, 0.3) is 0 Å². The summed E-state index contributed by atoms with van der Waals surface area (Å²) in [7, 11) is -1.58. The van der Waals surface area contributed by atoms with E-state index >= 15 is 0 Å². The molecule has 0 N–H and O–H groups in total. The Labute approximate surface area is 97.9 Å². The lowest BCUT2D eigenvalue weighted by Gasteiger charge is -2.23. The van der Waals surface area contributed by atoms with Gasteiger partial charge in [0.1, 0.15) is 5.25 Å². The smallest absolute Gasteiger partial charge is 0.240 e. The minimum absolute atomic E-state index is 0.283. The Hall–Kier alpha value is -0.580. The minimum atomic E-state index is -3.27. The first-order valence-electron chi connectivity index (χ1n) is 5.76. The van der Waals surface area contributed by atoms with Crippen molar-refractivity contribution < 1.29 is 13.2 Å². The largest absolute Gasteiger partial charge is 0.344 e. The van der Waals surface area contributed by atoms with Crippen molar-refractivity contribution in [3.8, 4) is 0 Å². The molecule has 1 saturated carbocycles. The summed E-state index contributed by atoms with van der Waals surface area (Å²) in [5.41, 5.74) is 0. The third-order valence-electron chi connectivity index (χ3n) is 3.37. The molecule has 0 bridgehead atoms. The molecule has 0 aromatic heterocycles. The molecule has 16 heavy (non-hydrogen) atoms. The maximum absolute atomic E-state index is 11.8. The Balaban J connectivity index is 2.53. The molecule has 1 fully saturated rings. The van der Waals surface area contributed by atoms with Crippen molar-refractivity contribution in [3.63, 3.8) is 0 Å². The predicted octanol–water partition coefficient (Wildman–Crippen LogP) is 1.07. The van der Waals surface area contributed by atoms with Crippen LogP contribution in [0.3, 0.4) is 0 Å². The van der Waals surface area contributed by atoms with Crippen LogP contribution in [0.1, 0.15) is 32.6 Å². The molecule has 0 aromatic rings. The van der Waals surface area contributed by atoms with Crippen molar-refractivity contribution in [1.29, 1.82) is 0 Å². The topological polar surface area (TPSA) is 54.5 Å². The zero-order chi connectivity index (χ0) is 12.3. The summed E-state index contributed by atoms with van der Waals surface area (Å²) in [6.07, 6.45) is 5.89. The molecule has 1 amide bonds. The predicted molar refractivity (Wildman–Crippen MR) is 63.9 cm³/mol. The average Bonchev–Trinajstić information content (AvgIpc) is 2.66. The number of nitrogens with zero attached hydrogens (tertiary/aromatic N) is 1. The van der Waals surface area contributed by atoms with Crippen LogP contribution in [0, 0.1) is 5.92 Å². The van der Waals surface area contributed by atoms with Crippen molar-refractivity contribution in [2.24, 2.45) is 5.92 Å². The van der Waals surface area contributed by atoms with Crippen molar-refractivity contribution in [2.75, 3.05) is 19.8 Å². The van der Waals surface area contributed by atoms with Crippen molar-refractivity contribution in [1.82, 2.24) is 4.90 Å². The highest BCUT2D eigenvalue weighted by Crippen LogP contribution is 2.25. The fourth-order valence-corrected chi connectivity index (χ4v) is 2.71. The first kappa shape index (κ1) is 13.5. The fraction of sp³-hybridized carbons (Fsp3) is 0.909. The summed E-state index contributed by atoms with van der Waals surface area (Å²) in [5.74, 6) is 0.273. The second kappa shape index (κ2) is 5.17. The van der Waals surface area contributed by atoms with Crippen molar-refractivity contribution in [3.05, 3.63) is 0 Å². The van der Waals surface area contributed by atoms with Gasteiger partial charge in [-0.1, -0.05) is 12.8 Å². The van der Waals surface area contributed by atoms with Crippen LogP contribution in [0.15, 0.2) is 0 Å². The third kappa shape index (κ3) is 3.47. The Morgan fingerprint density at radius 1 is 1.38 bits per heavy atom. The summed E-state index contributed by atoms with van der Waals surface area (Å²) in [6.45, 7) is 2.15. The summed E-state index contributed by atoms with van der Waals surface area (Å²) < 4.78 is 22.5. The number of amides is 1. The molecule has 1 unspecified atom stereocenters. The molecule has 1 atom stereocenters. The van der Waals surface area contributed by atoms with Gasteiger partial charge in [-0.2, -0.15) is 0 Å². The van der Waals surface area contributed by atoms with Crippen LogP contribution in [0.5, 0.6) is 0 Å². The monoisotopic (exact) mass is 247 g/mol. The van der Waals surface area contributed by atoms with E-state index in [9.17, 15) is 13.2 Å². The van der Waals surface area contributed by atoms with E-state index in [0.717, 1.165) is 19.1 Å². The molecule has 5 heteroatoms. The van der Waals surface area contributed by atoms with Gasteiger partial charge in [-0.25, -0.2) is 8.42 Å². The molecule has 1 rings (SSSR count). The summed E-state index contributed by atoms with van der Waals surface area (Å²) >= 11 is 0. The van der Waals surface area contributed by atoms with E-state index in [1.807, 2.05) is 0 Å². The molecule has 4 nitrogen and oxygen atoms in total. The van der Waals surface area contributed by atoms with Crippen LogP contribution in [-0.2, 0) is 14.6 Å². The maximum Gasteiger partial charge on any atom is 0.240 e. The van der Waals surface area contributed by atoms with Gasteiger partial charge in [0.05, 0.1) is 0 Å². The third-order valence-corrected chi connectivity index (χ3v) is 4.86. The van der Waals surface area contributed by atoms with Gasteiger partial charge in [-0.15, -0.1) is 0 Å². The lowest BCUT2D eigenvalue weighted by Crippen LogP contribution is -2.40. The highest BCUT2D eigenvalue weighted by atomic mass is 32.2. The zero-order valence-electron chi connectivity index (χ0n) is 10.3. The molecular formula is C11H21NO3S. The highest BCUT2D eigenvalue weighted by molar-refractivity contribution is 7.92. The Bertz CT molecular complexity index is 344. The lowest BCUT2D eigenvalue weighted by molar-refractivity contribution is -0.129. The van der Waals surface area contributed by atoms with Crippen LogP contribution in [-0.4, -0.2) is 44.3 Å². The average molecular weight is 247 g/mol. The molecule has 0 aromatic carbocycles. The molecule has 0 radical (unpaired) electrons. The Morgan fingerprint density at radius 2 is 1.88 bits per heavy atom. The number of sulfone groups is 1. The SMILES string of the molecule is CC(C(=O)N(C)CC1CCCC1)S(C)(=O)=O. The molecule has 1 aliphatic rings. The van der Waals surface area contributed by atoms with E-state index in [1.54, 1.807) is 11.9 Å². The fourth-order valence-electron chi connectivity index (χ4n) is 2.16. The number of hydrogen-bond donors (Lipinski definition) is 0.